The Balaban J connectivity index is 2.48. The van der Waals surface area contributed by atoms with Crippen LogP contribution in [0.5, 0.6) is 0 Å². The van der Waals surface area contributed by atoms with Crippen molar-refractivity contribution in [2.45, 2.75) is 0 Å². The smallest absolute Gasteiger partial charge is 0.360 e. The summed E-state index contributed by atoms with van der Waals surface area (Å²) >= 11 is 0. The lowest BCUT2D eigenvalue weighted by Crippen LogP contribution is -2.27. The summed E-state index contributed by atoms with van der Waals surface area (Å²) in [5, 5.41) is 9.12. The van der Waals surface area contributed by atoms with Gasteiger partial charge in [-0.05, 0) is 24.3 Å². The monoisotopic (exact) mass is 266 g/mol. The van der Waals surface area contributed by atoms with Crippen LogP contribution in [-0.2, 0) is 0 Å². The fourth-order valence-electron chi connectivity index (χ4n) is 2.10. The van der Waals surface area contributed by atoms with E-state index in [9.17, 15) is 9.59 Å². The molecule has 0 saturated heterocycles. The fraction of sp³-hybridized carbons (Fsp3) is 0. The Morgan fingerprint density at radius 2 is 1.65 bits per heavy atom. The van der Waals surface area contributed by atoms with Crippen LogP contribution in [0.3, 0.4) is 0 Å². The SMILES string of the molecule is O=C(O)c1nc2ccccc2n(-c2ccccc2)c1=O. The maximum Gasteiger partial charge on any atom is 0.360 e. The molecule has 1 aromatic heterocycles. The highest BCUT2D eigenvalue weighted by atomic mass is 16.4. The van der Waals surface area contributed by atoms with E-state index in [2.05, 4.69) is 4.98 Å². The van der Waals surface area contributed by atoms with Crippen LogP contribution in [-0.4, -0.2) is 20.6 Å². The minimum Gasteiger partial charge on any atom is -0.476 e. The molecule has 98 valence electrons. The number of fused-ring (bicyclic) bond motifs is 1. The first kappa shape index (κ1) is 12.1. The van der Waals surface area contributed by atoms with Gasteiger partial charge in [0.25, 0.3) is 5.56 Å². The minimum absolute atomic E-state index is 0.466. The normalized spacial score (nSPS) is 10.6. The van der Waals surface area contributed by atoms with Crippen LogP contribution in [0.1, 0.15) is 10.5 Å². The van der Waals surface area contributed by atoms with E-state index < -0.39 is 17.2 Å². The summed E-state index contributed by atoms with van der Waals surface area (Å²) in [4.78, 5) is 27.4. The standard InChI is InChI=1S/C15H10N2O3/c18-14-13(15(19)20)16-11-8-4-5-9-12(11)17(14)10-6-2-1-3-7-10/h1-9H,(H,19,20). The summed E-state index contributed by atoms with van der Waals surface area (Å²) in [6.45, 7) is 0. The molecule has 0 bridgehead atoms. The Kier molecular flexibility index (Phi) is 2.80. The number of nitrogens with zero attached hydrogens (tertiary/aromatic N) is 2. The number of aromatic carboxylic acids is 1. The Bertz CT molecular complexity index is 854. The number of hydrogen-bond acceptors (Lipinski definition) is 3. The van der Waals surface area contributed by atoms with E-state index in [-0.39, 0.29) is 0 Å². The first-order chi connectivity index (χ1) is 9.68. The van der Waals surface area contributed by atoms with E-state index >= 15 is 0 Å². The largest absolute Gasteiger partial charge is 0.476 e. The molecule has 0 atom stereocenters. The molecule has 0 amide bonds. The molecule has 3 aromatic rings. The predicted octanol–water partition coefficient (Wildman–Crippen LogP) is 2.08. The van der Waals surface area contributed by atoms with Gasteiger partial charge in [-0.1, -0.05) is 30.3 Å². The fourth-order valence-corrected chi connectivity index (χ4v) is 2.10. The number of carbonyl (C=O) groups is 1. The van der Waals surface area contributed by atoms with E-state index in [1.807, 2.05) is 6.07 Å². The lowest BCUT2D eigenvalue weighted by atomic mass is 10.2. The number of carboxylic acids is 1. The molecule has 1 N–H and O–H groups in total. The molecule has 0 saturated carbocycles. The van der Waals surface area contributed by atoms with Crippen LogP contribution >= 0.6 is 0 Å². The van der Waals surface area contributed by atoms with Crippen molar-refractivity contribution in [3.63, 3.8) is 0 Å². The average molecular weight is 266 g/mol. The van der Waals surface area contributed by atoms with Crippen LogP contribution < -0.4 is 5.56 Å². The van der Waals surface area contributed by atoms with Gasteiger partial charge in [0, 0.05) is 5.69 Å². The molecule has 20 heavy (non-hydrogen) atoms. The summed E-state index contributed by atoms with van der Waals surface area (Å²) in [5.74, 6) is -1.33. The van der Waals surface area contributed by atoms with E-state index in [1.165, 1.54) is 4.57 Å². The zero-order valence-corrected chi connectivity index (χ0v) is 10.4. The van der Waals surface area contributed by atoms with Crippen molar-refractivity contribution >= 4 is 17.0 Å². The van der Waals surface area contributed by atoms with Crippen molar-refractivity contribution < 1.29 is 9.90 Å². The van der Waals surface area contributed by atoms with Crippen LogP contribution in [0.4, 0.5) is 0 Å². The van der Waals surface area contributed by atoms with E-state index in [1.54, 1.807) is 48.5 Å². The van der Waals surface area contributed by atoms with Crippen molar-refractivity contribution in [3.05, 3.63) is 70.6 Å². The third-order valence-electron chi connectivity index (χ3n) is 2.98. The number of carboxylic acid groups (broad SMARTS) is 1. The number of aromatic nitrogens is 2. The number of hydrogen-bond donors (Lipinski definition) is 1. The number of benzene rings is 2. The number of rotatable bonds is 2. The Morgan fingerprint density at radius 1 is 1.00 bits per heavy atom. The van der Waals surface area contributed by atoms with Crippen molar-refractivity contribution in [2.75, 3.05) is 0 Å². The van der Waals surface area contributed by atoms with Gasteiger partial charge in [0.1, 0.15) is 0 Å². The first-order valence-electron chi connectivity index (χ1n) is 5.99. The quantitative estimate of drug-likeness (QED) is 0.770. The molecule has 1 heterocycles. The van der Waals surface area contributed by atoms with E-state index in [0.29, 0.717) is 16.7 Å². The molecule has 3 rings (SSSR count). The van der Waals surface area contributed by atoms with Gasteiger partial charge in [-0.15, -0.1) is 0 Å². The van der Waals surface area contributed by atoms with Crippen LogP contribution in [0.15, 0.2) is 59.4 Å². The second kappa shape index (κ2) is 4.62. The average Bonchev–Trinajstić information content (AvgIpc) is 2.47. The second-order valence-corrected chi connectivity index (χ2v) is 4.23. The van der Waals surface area contributed by atoms with E-state index in [0.717, 1.165) is 0 Å². The molecule has 0 aliphatic heterocycles. The molecule has 2 aromatic carbocycles. The van der Waals surface area contributed by atoms with Gasteiger partial charge in [-0.25, -0.2) is 9.78 Å². The highest BCUT2D eigenvalue weighted by molar-refractivity contribution is 5.88. The Morgan fingerprint density at radius 3 is 2.35 bits per heavy atom. The summed E-state index contributed by atoms with van der Waals surface area (Å²) < 4.78 is 1.37. The summed E-state index contributed by atoms with van der Waals surface area (Å²) in [5.41, 5.74) is 0.538. The topological polar surface area (TPSA) is 72.2 Å². The van der Waals surface area contributed by atoms with E-state index in [4.69, 9.17) is 5.11 Å². The van der Waals surface area contributed by atoms with Gasteiger partial charge in [0.15, 0.2) is 0 Å². The Hall–Kier alpha value is -2.95. The molecular formula is C15H10N2O3. The summed E-state index contributed by atoms with van der Waals surface area (Å²) in [6, 6.07) is 15.9. The van der Waals surface area contributed by atoms with Crippen molar-refractivity contribution in [2.24, 2.45) is 0 Å². The molecule has 5 heteroatoms. The van der Waals surface area contributed by atoms with Crippen molar-refractivity contribution in [1.82, 2.24) is 9.55 Å². The molecule has 0 fully saturated rings. The van der Waals surface area contributed by atoms with Crippen molar-refractivity contribution in [1.29, 1.82) is 0 Å². The zero-order chi connectivity index (χ0) is 14.1. The van der Waals surface area contributed by atoms with Gasteiger partial charge in [-0.3, -0.25) is 9.36 Å². The minimum atomic E-state index is -1.33. The molecular weight excluding hydrogens is 256 g/mol. The maximum atomic E-state index is 12.3. The van der Waals surface area contributed by atoms with Crippen LogP contribution in [0.25, 0.3) is 16.7 Å². The highest BCUT2D eigenvalue weighted by Crippen LogP contribution is 2.15. The van der Waals surface area contributed by atoms with Crippen molar-refractivity contribution in [3.8, 4) is 5.69 Å². The molecule has 0 aliphatic rings. The van der Waals surface area contributed by atoms with Gasteiger partial charge < -0.3 is 5.11 Å². The molecule has 0 spiro atoms. The third kappa shape index (κ3) is 1.85. The van der Waals surface area contributed by atoms with Gasteiger partial charge in [0.2, 0.25) is 5.69 Å². The molecule has 0 radical (unpaired) electrons. The molecule has 5 nitrogen and oxygen atoms in total. The predicted molar refractivity (Wildman–Crippen MR) is 74.3 cm³/mol. The zero-order valence-electron chi connectivity index (χ0n) is 10.4. The second-order valence-electron chi connectivity index (χ2n) is 4.23. The lowest BCUT2D eigenvalue weighted by molar-refractivity contribution is 0.0688. The summed E-state index contributed by atoms with van der Waals surface area (Å²) in [7, 11) is 0. The van der Waals surface area contributed by atoms with Gasteiger partial charge in [0.05, 0.1) is 11.0 Å². The third-order valence-corrected chi connectivity index (χ3v) is 2.98. The molecule has 0 aliphatic carbocycles. The van der Waals surface area contributed by atoms with Gasteiger partial charge in [-0.2, -0.15) is 0 Å². The van der Waals surface area contributed by atoms with Gasteiger partial charge >= 0.3 is 5.97 Å². The van der Waals surface area contributed by atoms with Crippen LogP contribution in [0.2, 0.25) is 0 Å². The summed E-state index contributed by atoms with van der Waals surface area (Å²) in [6.07, 6.45) is 0. The number of para-hydroxylation sites is 3. The highest BCUT2D eigenvalue weighted by Gasteiger charge is 2.17. The van der Waals surface area contributed by atoms with Crippen LogP contribution in [0, 0.1) is 0 Å². The first-order valence-corrected chi connectivity index (χ1v) is 5.99. The molecule has 0 unspecified atom stereocenters. The maximum absolute atomic E-state index is 12.3. The lowest BCUT2D eigenvalue weighted by Gasteiger charge is -2.10. The Labute approximate surface area is 113 Å².